The number of fused-ring (bicyclic) bond motifs is 1. The number of rotatable bonds is 1. The van der Waals surface area contributed by atoms with Gasteiger partial charge in [0.2, 0.25) is 0 Å². The molecule has 0 aliphatic rings. The molecule has 0 aliphatic heterocycles. The zero-order chi connectivity index (χ0) is 11.1. The predicted molar refractivity (Wildman–Crippen MR) is 58.7 cm³/mol. The van der Waals surface area contributed by atoms with Crippen molar-refractivity contribution in [2.45, 2.75) is 6.92 Å². The maximum Gasteiger partial charge on any atom is 0.169 e. The van der Waals surface area contributed by atoms with Gasteiger partial charge in [-0.2, -0.15) is 0 Å². The fourth-order valence-corrected chi connectivity index (χ4v) is 1.64. The molecule has 0 aliphatic carbocycles. The first-order valence-electron chi connectivity index (χ1n) is 4.82. The highest BCUT2D eigenvalue weighted by Gasteiger charge is 2.09. The summed E-state index contributed by atoms with van der Waals surface area (Å²) in [4.78, 5) is 0. The van der Waals surface area contributed by atoms with Crippen LogP contribution in [0.2, 0.25) is 0 Å². The molecule has 3 aromatic rings. The highest BCUT2D eigenvalue weighted by Crippen LogP contribution is 2.26. The van der Waals surface area contributed by atoms with E-state index in [1.807, 2.05) is 25.1 Å². The molecular formula is C11H9N3O2. The van der Waals surface area contributed by atoms with E-state index in [0.29, 0.717) is 11.6 Å². The molecule has 2 N–H and O–H groups in total. The fourth-order valence-electron chi connectivity index (χ4n) is 1.64. The molecule has 0 spiro atoms. The number of hydrogen-bond donors (Lipinski definition) is 1. The van der Waals surface area contributed by atoms with E-state index in [1.54, 1.807) is 6.07 Å². The standard InChI is InChI=1S/C11H9N3O2/c1-6-8-4-7(2-3-9(8)15-13-6)10-5-11(12)14-16-10/h2-5H,1H3,(H2,12,14). The molecule has 0 bridgehead atoms. The smallest absolute Gasteiger partial charge is 0.169 e. The van der Waals surface area contributed by atoms with Crippen molar-refractivity contribution in [1.82, 2.24) is 10.3 Å². The highest BCUT2D eigenvalue weighted by molar-refractivity contribution is 5.84. The van der Waals surface area contributed by atoms with Gasteiger partial charge in [0.15, 0.2) is 17.2 Å². The number of nitrogens with two attached hydrogens (primary N) is 1. The second-order valence-corrected chi connectivity index (χ2v) is 3.59. The third kappa shape index (κ3) is 1.25. The minimum Gasteiger partial charge on any atom is -0.381 e. The molecule has 0 amide bonds. The van der Waals surface area contributed by atoms with Crippen LogP contribution in [0.4, 0.5) is 5.82 Å². The summed E-state index contributed by atoms with van der Waals surface area (Å²) in [5.74, 6) is 1.01. The number of nitrogen functional groups attached to an aromatic ring is 1. The lowest BCUT2D eigenvalue weighted by Gasteiger charge is -1.94. The molecule has 2 aromatic heterocycles. The van der Waals surface area contributed by atoms with Crippen molar-refractivity contribution in [3.63, 3.8) is 0 Å². The Bertz CT molecular complexity index is 654. The fraction of sp³-hybridized carbons (Fsp3) is 0.0909. The maximum atomic E-state index is 5.50. The number of benzene rings is 1. The lowest BCUT2D eigenvalue weighted by Crippen LogP contribution is -1.80. The van der Waals surface area contributed by atoms with Crippen LogP contribution in [0.3, 0.4) is 0 Å². The summed E-state index contributed by atoms with van der Waals surface area (Å²) in [5.41, 5.74) is 8.02. The SMILES string of the molecule is Cc1noc2ccc(-c3cc(N)no3)cc12. The summed E-state index contributed by atoms with van der Waals surface area (Å²) in [6, 6.07) is 7.36. The van der Waals surface area contributed by atoms with Gasteiger partial charge in [0, 0.05) is 17.0 Å². The van der Waals surface area contributed by atoms with Gasteiger partial charge in [-0.05, 0) is 25.1 Å². The molecule has 5 nitrogen and oxygen atoms in total. The topological polar surface area (TPSA) is 78.1 Å². The average Bonchev–Trinajstić information content (AvgIpc) is 2.86. The third-order valence-corrected chi connectivity index (χ3v) is 2.46. The minimum absolute atomic E-state index is 0.372. The summed E-state index contributed by atoms with van der Waals surface area (Å²) in [6.07, 6.45) is 0. The normalized spacial score (nSPS) is 11.1. The molecule has 0 atom stereocenters. The average molecular weight is 215 g/mol. The first kappa shape index (κ1) is 8.96. The van der Waals surface area contributed by atoms with E-state index < -0.39 is 0 Å². The molecule has 0 saturated carbocycles. The van der Waals surface area contributed by atoms with Crippen molar-refractivity contribution < 1.29 is 9.05 Å². The second kappa shape index (κ2) is 3.10. The lowest BCUT2D eigenvalue weighted by atomic mass is 10.1. The summed E-state index contributed by atoms with van der Waals surface area (Å²) < 4.78 is 10.2. The molecule has 0 fully saturated rings. The summed E-state index contributed by atoms with van der Waals surface area (Å²) in [5, 5.41) is 8.50. The number of aryl methyl sites for hydroxylation is 1. The Morgan fingerprint density at radius 3 is 2.75 bits per heavy atom. The van der Waals surface area contributed by atoms with E-state index in [9.17, 15) is 0 Å². The molecule has 2 heterocycles. The van der Waals surface area contributed by atoms with Crippen LogP contribution in [0, 0.1) is 6.92 Å². The Kier molecular flexibility index (Phi) is 1.73. The Hall–Kier alpha value is -2.30. The van der Waals surface area contributed by atoms with Crippen LogP contribution >= 0.6 is 0 Å². The third-order valence-electron chi connectivity index (χ3n) is 2.46. The van der Waals surface area contributed by atoms with Crippen LogP contribution in [0.25, 0.3) is 22.3 Å². The molecule has 16 heavy (non-hydrogen) atoms. The molecule has 3 rings (SSSR count). The molecule has 1 aromatic carbocycles. The zero-order valence-corrected chi connectivity index (χ0v) is 8.60. The Morgan fingerprint density at radius 1 is 1.12 bits per heavy atom. The molecule has 0 unspecified atom stereocenters. The van der Waals surface area contributed by atoms with Gasteiger partial charge >= 0.3 is 0 Å². The van der Waals surface area contributed by atoms with Gasteiger partial charge in [-0.25, -0.2) is 0 Å². The van der Waals surface area contributed by atoms with Crippen LogP contribution in [0.1, 0.15) is 5.69 Å². The predicted octanol–water partition coefficient (Wildman–Crippen LogP) is 2.37. The van der Waals surface area contributed by atoms with Crippen LogP contribution in [0.5, 0.6) is 0 Å². The van der Waals surface area contributed by atoms with Gasteiger partial charge in [0.1, 0.15) is 0 Å². The summed E-state index contributed by atoms with van der Waals surface area (Å²) >= 11 is 0. The molecule has 0 radical (unpaired) electrons. The summed E-state index contributed by atoms with van der Waals surface area (Å²) in [6.45, 7) is 1.89. The van der Waals surface area contributed by atoms with Crippen molar-refractivity contribution in [2.24, 2.45) is 0 Å². The van der Waals surface area contributed by atoms with E-state index in [1.165, 1.54) is 0 Å². The van der Waals surface area contributed by atoms with Crippen LogP contribution < -0.4 is 5.73 Å². The van der Waals surface area contributed by atoms with Crippen molar-refractivity contribution >= 4 is 16.8 Å². The van der Waals surface area contributed by atoms with E-state index in [2.05, 4.69) is 10.3 Å². The van der Waals surface area contributed by atoms with Gasteiger partial charge in [0.05, 0.1) is 5.69 Å². The molecule has 0 saturated heterocycles. The van der Waals surface area contributed by atoms with Gasteiger partial charge in [-0.15, -0.1) is 0 Å². The van der Waals surface area contributed by atoms with E-state index in [-0.39, 0.29) is 0 Å². The van der Waals surface area contributed by atoms with E-state index in [4.69, 9.17) is 14.8 Å². The van der Waals surface area contributed by atoms with Crippen LogP contribution in [0.15, 0.2) is 33.3 Å². The quantitative estimate of drug-likeness (QED) is 0.674. The molecule has 80 valence electrons. The van der Waals surface area contributed by atoms with E-state index in [0.717, 1.165) is 22.2 Å². The van der Waals surface area contributed by atoms with Crippen molar-refractivity contribution in [3.05, 3.63) is 30.0 Å². The Balaban J connectivity index is 2.21. The van der Waals surface area contributed by atoms with Crippen molar-refractivity contribution in [1.29, 1.82) is 0 Å². The maximum absolute atomic E-state index is 5.50. The Morgan fingerprint density at radius 2 is 2.00 bits per heavy atom. The minimum atomic E-state index is 0.372. The first-order chi connectivity index (χ1) is 7.74. The zero-order valence-electron chi connectivity index (χ0n) is 8.60. The van der Waals surface area contributed by atoms with Gasteiger partial charge in [-0.1, -0.05) is 10.3 Å². The van der Waals surface area contributed by atoms with Crippen molar-refractivity contribution in [3.8, 4) is 11.3 Å². The van der Waals surface area contributed by atoms with E-state index >= 15 is 0 Å². The second-order valence-electron chi connectivity index (χ2n) is 3.59. The Labute approximate surface area is 90.8 Å². The number of hydrogen-bond acceptors (Lipinski definition) is 5. The number of anilines is 1. The summed E-state index contributed by atoms with van der Waals surface area (Å²) in [7, 11) is 0. The number of nitrogens with zero attached hydrogens (tertiary/aromatic N) is 2. The monoisotopic (exact) mass is 215 g/mol. The number of aromatic nitrogens is 2. The van der Waals surface area contributed by atoms with Gasteiger partial charge in [0.25, 0.3) is 0 Å². The largest absolute Gasteiger partial charge is 0.381 e. The van der Waals surface area contributed by atoms with Crippen LogP contribution in [-0.4, -0.2) is 10.3 Å². The van der Waals surface area contributed by atoms with Crippen LogP contribution in [-0.2, 0) is 0 Å². The van der Waals surface area contributed by atoms with Gasteiger partial charge < -0.3 is 14.8 Å². The highest BCUT2D eigenvalue weighted by atomic mass is 16.5. The van der Waals surface area contributed by atoms with Crippen molar-refractivity contribution in [2.75, 3.05) is 5.73 Å². The first-order valence-corrected chi connectivity index (χ1v) is 4.82. The molecular weight excluding hydrogens is 206 g/mol. The van der Waals surface area contributed by atoms with Gasteiger partial charge in [-0.3, -0.25) is 0 Å². The lowest BCUT2D eigenvalue weighted by molar-refractivity contribution is 0.436. The molecule has 5 heteroatoms.